The van der Waals surface area contributed by atoms with E-state index in [2.05, 4.69) is 16.2 Å². The number of hydrogen-bond acceptors (Lipinski definition) is 4. The molecule has 92 valence electrons. The molecular weight excluding hydrogens is 238 g/mol. The van der Waals surface area contributed by atoms with Crippen LogP contribution in [0.2, 0.25) is 0 Å². The summed E-state index contributed by atoms with van der Waals surface area (Å²) in [4.78, 5) is 4.41. The first-order valence-electron chi connectivity index (χ1n) is 5.80. The number of anilines is 1. The van der Waals surface area contributed by atoms with Crippen LogP contribution in [0.1, 0.15) is 11.3 Å². The normalized spacial score (nSPS) is 10.5. The zero-order chi connectivity index (χ0) is 13.4. The van der Waals surface area contributed by atoms with Crippen LogP contribution in [0.5, 0.6) is 0 Å². The van der Waals surface area contributed by atoms with Gasteiger partial charge in [0.2, 0.25) is 0 Å². The van der Waals surface area contributed by atoms with Gasteiger partial charge >= 0.3 is 0 Å². The first-order valence-corrected chi connectivity index (χ1v) is 5.80. The van der Waals surface area contributed by atoms with Crippen molar-refractivity contribution in [2.24, 2.45) is 0 Å². The third-order valence-corrected chi connectivity index (χ3v) is 2.88. The minimum absolute atomic E-state index is 0.565. The molecule has 0 fully saturated rings. The van der Waals surface area contributed by atoms with Crippen molar-refractivity contribution < 1.29 is 0 Å². The first-order chi connectivity index (χ1) is 9.17. The van der Waals surface area contributed by atoms with Crippen LogP contribution < -0.4 is 5.73 Å². The van der Waals surface area contributed by atoms with Crippen molar-refractivity contribution in [1.29, 1.82) is 5.26 Å². The van der Waals surface area contributed by atoms with E-state index in [-0.39, 0.29) is 0 Å². The predicted octanol–water partition coefficient (Wildman–Crippen LogP) is 2.18. The summed E-state index contributed by atoms with van der Waals surface area (Å²) in [6, 6.07) is 11.2. The molecule has 0 radical (unpaired) electrons. The van der Waals surface area contributed by atoms with Gasteiger partial charge in [-0.3, -0.25) is 0 Å². The van der Waals surface area contributed by atoms with E-state index in [9.17, 15) is 0 Å². The van der Waals surface area contributed by atoms with E-state index in [1.54, 1.807) is 23.0 Å². The Bertz CT molecular complexity index is 810. The zero-order valence-electron chi connectivity index (χ0n) is 10.3. The SMILES string of the molecule is Cc1cc(C#N)cc(-n2ncc3ccc(N)cc32)n1. The number of rotatable bonds is 1. The number of fused-ring (bicyclic) bond motifs is 1. The molecule has 19 heavy (non-hydrogen) atoms. The summed E-state index contributed by atoms with van der Waals surface area (Å²) in [6.07, 6.45) is 1.75. The van der Waals surface area contributed by atoms with Gasteiger partial charge in [-0.25, -0.2) is 9.67 Å². The standard InChI is InChI=1S/C14H11N5/c1-9-4-10(7-15)5-14(18-9)19-13-6-12(16)3-2-11(13)8-17-19/h2-6,8H,16H2,1H3. The maximum atomic E-state index is 9.01. The molecule has 1 aromatic carbocycles. The summed E-state index contributed by atoms with van der Waals surface area (Å²) in [5, 5.41) is 14.3. The van der Waals surface area contributed by atoms with Gasteiger partial charge in [0.05, 0.1) is 23.3 Å². The largest absolute Gasteiger partial charge is 0.399 e. The molecule has 0 saturated carbocycles. The Balaban J connectivity index is 2.27. The van der Waals surface area contributed by atoms with Crippen molar-refractivity contribution >= 4 is 16.6 Å². The summed E-state index contributed by atoms with van der Waals surface area (Å²) < 4.78 is 1.69. The second-order valence-electron chi connectivity index (χ2n) is 4.34. The van der Waals surface area contributed by atoms with Crippen molar-refractivity contribution in [3.8, 4) is 11.9 Å². The molecule has 3 rings (SSSR count). The number of hydrogen-bond donors (Lipinski definition) is 1. The lowest BCUT2D eigenvalue weighted by molar-refractivity contribution is 0.866. The van der Waals surface area contributed by atoms with Crippen molar-refractivity contribution in [2.75, 3.05) is 5.73 Å². The lowest BCUT2D eigenvalue weighted by Crippen LogP contribution is -2.01. The Morgan fingerprint density at radius 1 is 1.26 bits per heavy atom. The number of nitrogen functional groups attached to an aromatic ring is 1. The average molecular weight is 249 g/mol. The highest BCUT2D eigenvalue weighted by molar-refractivity contribution is 5.83. The molecule has 0 saturated heterocycles. The van der Waals surface area contributed by atoms with Crippen molar-refractivity contribution in [1.82, 2.24) is 14.8 Å². The number of aromatic nitrogens is 3. The number of nitrogens with two attached hydrogens (primary N) is 1. The third-order valence-electron chi connectivity index (χ3n) is 2.88. The van der Waals surface area contributed by atoms with E-state index in [0.717, 1.165) is 16.6 Å². The van der Waals surface area contributed by atoms with Crippen molar-refractivity contribution in [3.63, 3.8) is 0 Å². The van der Waals surface area contributed by atoms with E-state index in [1.165, 1.54) is 0 Å². The molecule has 0 amide bonds. The third kappa shape index (κ3) is 1.89. The molecule has 5 heteroatoms. The van der Waals surface area contributed by atoms with Crippen LogP contribution >= 0.6 is 0 Å². The highest BCUT2D eigenvalue weighted by Crippen LogP contribution is 2.20. The van der Waals surface area contributed by atoms with Gasteiger partial charge in [-0.2, -0.15) is 10.4 Å². The molecule has 2 heterocycles. The lowest BCUT2D eigenvalue weighted by Gasteiger charge is -2.05. The molecule has 0 atom stereocenters. The molecule has 0 aliphatic rings. The zero-order valence-corrected chi connectivity index (χ0v) is 10.3. The fourth-order valence-electron chi connectivity index (χ4n) is 2.04. The molecule has 5 nitrogen and oxygen atoms in total. The van der Waals surface area contributed by atoms with Crippen LogP contribution in [0.15, 0.2) is 36.5 Å². The molecule has 0 spiro atoms. The van der Waals surface area contributed by atoms with E-state index in [0.29, 0.717) is 17.1 Å². The maximum Gasteiger partial charge on any atom is 0.155 e. The predicted molar refractivity (Wildman–Crippen MR) is 72.7 cm³/mol. The van der Waals surface area contributed by atoms with Gasteiger partial charge in [0.15, 0.2) is 5.82 Å². The van der Waals surface area contributed by atoms with Gasteiger partial charge in [-0.1, -0.05) is 0 Å². The lowest BCUT2D eigenvalue weighted by atomic mass is 10.2. The summed E-state index contributed by atoms with van der Waals surface area (Å²) >= 11 is 0. The van der Waals surface area contributed by atoms with Crippen LogP contribution in [0.4, 0.5) is 5.69 Å². The number of benzene rings is 1. The maximum absolute atomic E-state index is 9.01. The Hall–Kier alpha value is -2.87. The van der Waals surface area contributed by atoms with Gasteiger partial charge < -0.3 is 5.73 Å². The second kappa shape index (κ2) is 4.10. The van der Waals surface area contributed by atoms with Crippen LogP contribution in [-0.2, 0) is 0 Å². The highest BCUT2D eigenvalue weighted by Gasteiger charge is 2.08. The minimum Gasteiger partial charge on any atom is -0.399 e. The van der Waals surface area contributed by atoms with E-state index < -0.39 is 0 Å². The average Bonchev–Trinajstić information content (AvgIpc) is 2.80. The van der Waals surface area contributed by atoms with Gasteiger partial charge in [0, 0.05) is 22.8 Å². The second-order valence-corrected chi connectivity index (χ2v) is 4.34. The van der Waals surface area contributed by atoms with Crippen LogP contribution in [0.25, 0.3) is 16.7 Å². The summed E-state index contributed by atoms with van der Waals surface area (Å²) in [5.74, 6) is 0.622. The van der Waals surface area contributed by atoms with Gasteiger partial charge in [-0.05, 0) is 31.2 Å². The fourth-order valence-corrected chi connectivity index (χ4v) is 2.04. The number of nitrogens with zero attached hydrogens (tertiary/aromatic N) is 4. The molecule has 2 aromatic heterocycles. The minimum atomic E-state index is 0.565. The van der Waals surface area contributed by atoms with E-state index >= 15 is 0 Å². The van der Waals surface area contributed by atoms with Crippen molar-refractivity contribution in [2.45, 2.75) is 6.92 Å². The molecule has 0 aliphatic heterocycles. The molecule has 0 bridgehead atoms. The number of nitriles is 1. The first kappa shape index (κ1) is 11.2. The van der Waals surface area contributed by atoms with Crippen molar-refractivity contribution in [3.05, 3.63) is 47.8 Å². The molecule has 0 aliphatic carbocycles. The van der Waals surface area contributed by atoms with Gasteiger partial charge in [0.1, 0.15) is 0 Å². The van der Waals surface area contributed by atoms with Crippen LogP contribution in [0, 0.1) is 18.3 Å². The Morgan fingerprint density at radius 2 is 2.11 bits per heavy atom. The Morgan fingerprint density at radius 3 is 2.89 bits per heavy atom. The summed E-state index contributed by atoms with van der Waals surface area (Å²) in [6.45, 7) is 1.85. The number of aryl methyl sites for hydroxylation is 1. The van der Waals surface area contributed by atoms with Gasteiger partial charge in [0.25, 0.3) is 0 Å². The van der Waals surface area contributed by atoms with E-state index in [4.69, 9.17) is 11.0 Å². The monoisotopic (exact) mass is 249 g/mol. The molecule has 0 unspecified atom stereocenters. The fraction of sp³-hybridized carbons (Fsp3) is 0.0714. The van der Waals surface area contributed by atoms with E-state index in [1.807, 2.05) is 25.1 Å². The molecule has 3 aromatic rings. The molecular formula is C14H11N5. The highest BCUT2D eigenvalue weighted by atomic mass is 15.3. The summed E-state index contributed by atoms with van der Waals surface area (Å²) in [5.41, 5.74) is 8.69. The Labute approximate surface area is 109 Å². The number of pyridine rings is 1. The van der Waals surface area contributed by atoms with Gasteiger partial charge in [-0.15, -0.1) is 0 Å². The van der Waals surface area contributed by atoms with Crippen LogP contribution in [0.3, 0.4) is 0 Å². The Kier molecular flexibility index (Phi) is 2.43. The smallest absolute Gasteiger partial charge is 0.155 e. The summed E-state index contributed by atoms with van der Waals surface area (Å²) in [7, 11) is 0. The topological polar surface area (TPSA) is 80.5 Å². The molecule has 2 N–H and O–H groups in total. The quantitative estimate of drug-likeness (QED) is 0.670. The van der Waals surface area contributed by atoms with Crippen LogP contribution in [-0.4, -0.2) is 14.8 Å².